The second kappa shape index (κ2) is 5.68. The second-order valence-corrected chi connectivity index (χ2v) is 4.17. The van der Waals surface area contributed by atoms with Crippen LogP contribution in [0, 0.1) is 0 Å². The third-order valence-electron chi connectivity index (χ3n) is 1.98. The van der Waals surface area contributed by atoms with Crippen LogP contribution < -0.4 is 5.73 Å². The Morgan fingerprint density at radius 1 is 1.35 bits per heavy atom. The first-order valence-electron chi connectivity index (χ1n) is 4.61. The predicted octanol–water partition coefficient (Wildman–Crippen LogP) is 3.45. The normalized spacial score (nSPS) is 12.1. The Balaban J connectivity index is 2.55. The molecule has 0 aliphatic carbocycles. The average Bonchev–Trinajstić information content (AvgIpc) is 2.24. The van der Waals surface area contributed by atoms with Crippen molar-refractivity contribution in [1.29, 1.82) is 0 Å². The molecule has 0 aromatic heterocycles. The van der Waals surface area contributed by atoms with E-state index in [0.717, 1.165) is 0 Å². The highest BCUT2D eigenvalue weighted by Gasteiger charge is 2.40. The highest BCUT2D eigenvalue weighted by atomic mass is 79.9. The van der Waals surface area contributed by atoms with Crippen LogP contribution in [-0.2, 0) is 11.3 Å². The van der Waals surface area contributed by atoms with Crippen LogP contribution in [0.15, 0.2) is 22.7 Å². The highest BCUT2D eigenvalue weighted by Crippen LogP contribution is 2.26. The zero-order valence-corrected chi connectivity index (χ0v) is 10.2. The van der Waals surface area contributed by atoms with E-state index in [2.05, 4.69) is 20.7 Å². The number of rotatable bonds is 5. The molecule has 0 fully saturated rings. The van der Waals surface area contributed by atoms with Crippen molar-refractivity contribution < 1.29 is 22.3 Å². The molecule has 0 saturated carbocycles. The molecule has 2 nitrogen and oxygen atoms in total. The first-order chi connectivity index (χ1) is 7.84. The minimum absolute atomic E-state index is 0.214. The van der Waals surface area contributed by atoms with E-state index in [9.17, 15) is 17.6 Å². The summed E-state index contributed by atoms with van der Waals surface area (Å²) >= 11 is 3.15. The fourth-order valence-corrected chi connectivity index (χ4v) is 1.45. The van der Waals surface area contributed by atoms with Crippen molar-refractivity contribution in [2.24, 2.45) is 0 Å². The van der Waals surface area contributed by atoms with Gasteiger partial charge in [0.1, 0.15) is 6.61 Å². The molecule has 7 heteroatoms. The zero-order chi connectivity index (χ0) is 13.1. The van der Waals surface area contributed by atoms with E-state index in [1.807, 2.05) is 0 Å². The summed E-state index contributed by atoms with van der Waals surface area (Å²) in [6.45, 7) is -1.54. The van der Waals surface area contributed by atoms with Crippen molar-refractivity contribution in [3.63, 3.8) is 0 Å². The van der Waals surface area contributed by atoms with Crippen molar-refractivity contribution in [1.82, 2.24) is 0 Å². The second-order valence-electron chi connectivity index (χ2n) is 3.37. The van der Waals surface area contributed by atoms with Crippen LogP contribution in [0.3, 0.4) is 0 Å². The Bertz CT molecular complexity index is 387. The molecular weight excluding hydrogens is 306 g/mol. The van der Waals surface area contributed by atoms with Crippen molar-refractivity contribution in [2.75, 3.05) is 12.3 Å². The van der Waals surface area contributed by atoms with E-state index in [4.69, 9.17) is 5.73 Å². The van der Waals surface area contributed by atoms with Crippen LogP contribution in [0.1, 0.15) is 5.56 Å². The Morgan fingerprint density at radius 2 is 2.00 bits per heavy atom. The molecule has 0 saturated heterocycles. The van der Waals surface area contributed by atoms with Gasteiger partial charge in [-0.15, -0.1) is 0 Å². The monoisotopic (exact) mass is 315 g/mol. The maximum atomic E-state index is 12.5. The van der Waals surface area contributed by atoms with E-state index in [-0.39, 0.29) is 6.61 Å². The van der Waals surface area contributed by atoms with Crippen LogP contribution in [0.2, 0.25) is 0 Å². The molecule has 0 radical (unpaired) electrons. The maximum Gasteiger partial charge on any atom is 0.330 e. The molecule has 0 bridgehead atoms. The van der Waals surface area contributed by atoms with Crippen LogP contribution in [0.4, 0.5) is 23.2 Å². The summed E-state index contributed by atoms with van der Waals surface area (Å²) in [4.78, 5) is 0. The molecule has 96 valence electrons. The van der Waals surface area contributed by atoms with Gasteiger partial charge in [0.25, 0.3) is 0 Å². The number of ether oxygens (including phenoxy) is 1. The minimum Gasteiger partial charge on any atom is -0.398 e. The van der Waals surface area contributed by atoms with Gasteiger partial charge in [0.15, 0.2) is 0 Å². The molecule has 2 N–H and O–H groups in total. The van der Waals surface area contributed by atoms with E-state index in [0.29, 0.717) is 15.7 Å². The summed E-state index contributed by atoms with van der Waals surface area (Å²) in [7, 11) is 0. The van der Waals surface area contributed by atoms with Crippen molar-refractivity contribution in [2.45, 2.75) is 19.0 Å². The molecule has 0 aliphatic rings. The third-order valence-corrected chi connectivity index (χ3v) is 2.95. The Kier molecular flexibility index (Phi) is 4.76. The molecule has 0 atom stereocenters. The molecule has 1 aromatic carbocycles. The molecule has 0 heterocycles. The SMILES string of the molecule is Nc1cccc(COCC(F)(F)C(F)F)c1Br. The lowest BCUT2D eigenvalue weighted by Crippen LogP contribution is -2.32. The first-order valence-corrected chi connectivity index (χ1v) is 5.40. The quantitative estimate of drug-likeness (QED) is 0.667. The van der Waals surface area contributed by atoms with E-state index in [1.54, 1.807) is 18.2 Å². The molecule has 0 unspecified atom stereocenters. The average molecular weight is 316 g/mol. The van der Waals surface area contributed by atoms with Gasteiger partial charge in [-0.25, -0.2) is 8.78 Å². The van der Waals surface area contributed by atoms with E-state index < -0.39 is 19.0 Å². The number of alkyl halides is 4. The van der Waals surface area contributed by atoms with Crippen LogP contribution in [-0.4, -0.2) is 19.0 Å². The summed E-state index contributed by atoms with van der Waals surface area (Å²) in [5, 5.41) is 0. The molecule has 0 amide bonds. The Hall–Kier alpha value is -0.820. The number of nitrogen functional groups attached to an aromatic ring is 1. The summed E-state index contributed by atoms with van der Waals surface area (Å²) in [5.74, 6) is -4.13. The van der Waals surface area contributed by atoms with Gasteiger partial charge in [-0.3, -0.25) is 0 Å². The molecule has 17 heavy (non-hydrogen) atoms. The lowest BCUT2D eigenvalue weighted by Gasteiger charge is -2.15. The van der Waals surface area contributed by atoms with Crippen LogP contribution in [0.5, 0.6) is 0 Å². The lowest BCUT2D eigenvalue weighted by molar-refractivity contribution is -0.168. The molecule has 1 aromatic rings. The topological polar surface area (TPSA) is 35.2 Å². The summed E-state index contributed by atoms with van der Waals surface area (Å²) in [5.41, 5.74) is 6.50. The number of nitrogens with two attached hydrogens (primary N) is 1. The molecular formula is C10H10BrF4NO. The van der Waals surface area contributed by atoms with Gasteiger partial charge in [-0.1, -0.05) is 12.1 Å². The predicted molar refractivity (Wildman–Crippen MR) is 59.2 cm³/mol. The van der Waals surface area contributed by atoms with Gasteiger partial charge in [-0.2, -0.15) is 8.78 Å². The molecule has 1 rings (SSSR count). The summed E-state index contributed by atoms with van der Waals surface area (Å²) in [6.07, 6.45) is -3.73. The third kappa shape index (κ3) is 3.85. The largest absolute Gasteiger partial charge is 0.398 e. The van der Waals surface area contributed by atoms with E-state index in [1.165, 1.54) is 0 Å². The van der Waals surface area contributed by atoms with Crippen molar-refractivity contribution >= 4 is 21.6 Å². The van der Waals surface area contributed by atoms with Crippen molar-refractivity contribution in [3.05, 3.63) is 28.2 Å². The fourth-order valence-electron chi connectivity index (χ4n) is 1.07. The zero-order valence-electron chi connectivity index (χ0n) is 8.60. The molecule has 0 aliphatic heterocycles. The van der Waals surface area contributed by atoms with Gasteiger partial charge in [0.2, 0.25) is 0 Å². The smallest absolute Gasteiger partial charge is 0.330 e. The standard InChI is InChI=1S/C10H10BrF4NO/c11-8-6(2-1-3-7(8)16)4-17-5-10(14,15)9(12)13/h1-3,9H,4-5,16H2. The Labute approximate surface area is 104 Å². The minimum atomic E-state index is -4.13. The summed E-state index contributed by atoms with van der Waals surface area (Å²) < 4.78 is 53.8. The van der Waals surface area contributed by atoms with Gasteiger partial charge in [0, 0.05) is 10.2 Å². The summed E-state index contributed by atoms with van der Waals surface area (Å²) in [6, 6.07) is 4.83. The highest BCUT2D eigenvalue weighted by molar-refractivity contribution is 9.10. The number of anilines is 1. The molecule has 0 spiro atoms. The van der Waals surface area contributed by atoms with Crippen LogP contribution >= 0.6 is 15.9 Å². The lowest BCUT2D eigenvalue weighted by atomic mass is 10.2. The van der Waals surface area contributed by atoms with Crippen LogP contribution in [0.25, 0.3) is 0 Å². The maximum absolute atomic E-state index is 12.5. The first kappa shape index (κ1) is 14.2. The van der Waals surface area contributed by atoms with Gasteiger partial charge >= 0.3 is 12.3 Å². The van der Waals surface area contributed by atoms with Gasteiger partial charge < -0.3 is 10.5 Å². The van der Waals surface area contributed by atoms with E-state index >= 15 is 0 Å². The van der Waals surface area contributed by atoms with Gasteiger partial charge in [-0.05, 0) is 27.6 Å². The number of hydrogen-bond donors (Lipinski definition) is 1. The number of hydrogen-bond acceptors (Lipinski definition) is 2. The number of benzene rings is 1. The number of halogens is 5. The Morgan fingerprint density at radius 3 is 2.59 bits per heavy atom. The fraction of sp³-hybridized carbons (Fsp3) is 0.400. The van der Waals surface area contributed by atoms with Gasteiger partial charge in [0.05, 0.1) is 6.61 Å². The van der Waals surface area contributed by atoms with Crippen molar-refractivity contribution in [3.8, 4) is 0 Å².